The molecule has 5 rings (SSSR count). The zero-order valence-electron chi connectivity index (χ0n) is 16.0. The van der Waals surface area contributed by atoms with E-state index in [2.05, 4.69) is 58.2 Å². The predicted octanol–water partition coefficient (Wildman–Crippen LogP) is 5.19. The Hall–Kier alpha value is -2.98. The van der Waals surface area contributed by atoms with E-state index in [1.54, 1.807) is 6.26 Å². The first kappa shape index (κ1) is 17.1. The lowest BCUT2D eigenvalue weighted by Gasteiger charge is -2.16. The van der Waals surface area contributed by atoms with E-state index in [9.17, 15) is 0 Å². The lowest BCUT2D eigenvalue weighted by molar-refractivity contribution is 0.325. The molecule has 1 saturated heterocycles. The Kier molecular flexibility index (Phi) is 4.41. The highest BCUT2D eigenvalue weighted by atomic mass is 16.3. The second kappa shape index (κ2) is 7.21. The molecule has 140 valence electrons. The van der Waals surface area contributed by atoms with Crippen molar-refractivity contribution in [3.63, 3.8) is 0 Å². The number of hydrogen-bond acceptors (Lipinski definition) is 4. The highest BCUT2D eigenvalue weighted by Gasteiger charge is 2.24. The summed E-state index contributed by atoms with van der Waals surface area (Å²) in [5.41, 5.74) is 7.06. The van der Waals surface area contributed by atoms with E-state index in [4.69, 9.17) is 4.42 Å². The molecule has 0 spiro atoms. The SMILES string of the molecule is Cc1ccc(-c2cc(C3CCN(Cc4ccoc4)C3)ccn2)c2cccnc12. The van der Waals surface area contributed by atoms with E-state index in [0.29, 0.717) is 5.92 Å². The summed E-state index contributed by atoms with van der Waals surface area (Å²) in [5.74, 6) is 0.545. The first-order valence-electron chi connectivity index (χ1n) is 9.82. The number of rotatable bonds is 4. The molecule has 0 aliphatic carbocycles. The average molecular weight is 369 g/mol. The average Bonchev–Trinajstić information content (AvgIpc) is 3.41. The van der Waals surface area contributed by atoms with Gasteiger partial charge < -0.3 is 4.42 Å². The molecule has 1 fully saturated rings. The number of fused-ring (bicyclic) bond motifs is 1. The van der Waals surface area contributed by atoms with Gasteiger partial charge in [0, 0.05) is 42.0 Å². The topological polar surface area (TPSA) is 42.2 Å². The Labute approximate surface area is 164 Å². The lowest BCUT2D eigenvalue weighted by Crippen LogP contribution is -2.19. The second-order valence-corrected chi connectivity index (χ2v) is 7.66. The zero-order chi connectivity index (χ0) is 18.9. The number of furan rings is 1. The van der Waals surface area contributed by atoms with E-state index in [1.165, 1.54) is 28.5 Å². The van der Waals surface area contributed by atoms with E-state index >= 15 is 0 Å². The van der Waals surface area contributed by atoms with Gasteiger partial charge in [-0.15, -0.1) is 0 Å². The van der Waals surface area contributed by atoms with Crippen molar-refractivity contribution in [2.45, 2.75) is 25.8 Å². The highest BCUT2D eigenvalue weighted by Crippen LogP contribution is 2.33. The number of benzene rings is 1. The Morgan fingerprint density at radius 2 is 2.07 bits per heavy atom. The molecule has 4 nitrogen and oxygen atoms in total. The van der Waals surface area contributed by atoms with Crippen LogP contribution in [0.3, 0.4) is 0 Å². The van der Waals surface area contributed by atoms with Gasteiger partial charge in [0.2, 0.25) is 0 Å². The van der Waals surface area contributed by atoms with Crippen LogP contribution in [0.5, 0.6) is 0 Å². The van der Waals surface area contributed by atoms with Crippen LogP contribution in [-0.4, -0.2) is 28.0 Å². The van der Waals surface area contributed by atoms with Gasteiger partial charge in [-0.05, 0) is 61.2 Å². The van der Waals surface area contributed by atoms with Crippen LogP contribution in [0.2, 0.25) is 0 Å². The number of aromatic nitrogens is 2. The molecule has 1 aliphatic rings. The van der Waals surface area contributed by atoms with Crippen LogP contribution in [0.25, 0.3) is 22.2 Å². The number of pyridine rings is 2. The minimum Gasteiger partial charge on any atom is -0.472 e. The standard InChI is InChI=1S/C24H23N3O/c1-17-4-5-21(22-3-2-9-26-24(17)22)23-13-19(6-10-25-23)20-7-11-27(15-20)14-18-8-12-28-16-18/h2-6,8-10,12-13,16,20H,7,11,14-15H2,1H3. The minimum atomic E-state index is 0.545. The predicted molar refractivity (Wildman–Crippen MR) is 111 cm³/mol. The summed E-state index contributed by atoms with van der Waals surface area (Å²) < 4.78 is 5.20. The number of nitrogens with zero attached hydrogens (tertiary/aromatic N) is 3. The van der Waals surface area contributed by atoms with Gasteiger partial charge in [0.25, 0.3) is 0 Å². The molecule has 28 heavy (non-hydrogen) atoms. The fraction of sp³-hybridized carbons (Fsp3) is 0.250. The van der Waals surface area contributed by atoms with Crippen LogP contribution < -0.4 is 0 Å². The van der Waals surface area contributed by atoms with Crippen LogP contribution in [0.1, 0.15) is 29.0 Å². The molecule has 3 aromatic heterocycles. The van der Waals surface area contributed by atoms with Gasteiger partial charge in [0.15, 0.2) is 0 Å². The van der Waals surface area contributed by atoms with Crippen LogP contribution >= 0.6 is 0 Å². The van der Waals surface area contributed by atoms with Crippen molar-refractivity contribution >= 4 is 10.9 Å². The third kappa shape index (κ3) is 3.20. The first-order valence-corrected chi connectivity index (χ1v) is 9.82. The second-order valence-electron chi connectivity index (χ2n) is 7.66. The minimum absolute atomic E-state index is 0.545. The maximum Gasteiger partial charge on any atom is 0.0947 e. The Morgan fingerprint density at radius 3 is 2.96 bits per heavy atom. The van der Waals surface area contributed by atoms with Crippen molar-refractivity contribution in [1.82, 2.24) is 14.9 Å². The molecule has 1 unspecified atom stereocenters. The Morgan fingerprint density at radius 1 is 1.11 bits per heavy atom. The van der Waals surface area contributed by atoms with Crippen molar-refractivity contribution in [2.75, 3.05) is 13.1 Å². The summed E-state index contributed by atoms with van der Waals surface area (Å²) in [6, 6.07) is 14.9. The number of aryl methyl sites for hydroxylation is 1. The van der Waals surface area contributed by atoms with Crippen LogP contribution in [0, 0.1) is 6.92 Å². The van der Waals surface area contributed by atoms with E-state index in [1.807, 2.05) is 24.7 Å². The van der Waals surface area contributed by atoms with E-state index in [0.717, 1.165) is 36.4 Å². The summed E-state index contributed by atoms with van der Waals surface area (Å²) in [5, 5.41) is 1.17. The van der Waals surface area contributed by atoms with Gasteiger partial charge in [-0.1, -0.05) is 18.2 Å². The third-order valence-corrected chi connectivity index (χ3v) is 5.76. The monoisotopic (exact) mass is 369 g/mol. The molecule has 4 aromatic rings. The summed E-state index contributed by atoms with van der Waals surface area (Å²) in [7, 11) is 0. The van der Waals surface area contributed by atoms with Gasteiger partial charge in [0.05, 0.1) is 23.7 Å². The molecule has 0 bridgehead atoms. The van der Waals surface area contributed by atoms with Gasteiger partial charge in [-0.2, -0.15) is 0 Å². The van der Waals surface area contributed by atoms with Gasteiger partial charge in [-0.25, -0.2) is 0 Å². The molecule has 1 aromatic carbocycles. The van der Waals surface area contributed by atoms with Gasteiger partial charge in [0.1, 0.15) is 0 Å². The molecule has 4 heteroatoms. The normalized spacial score (nSPS) is 17.4. The maximum absolute atomic E-state index is 5.20. The summed E-state index contributed by atoms with van der Waals surface area (Å²) >= 11 is 0. The highest BCUT2D eigenvalue weighted by molar-refractivity contribution is 5.95. The number of hydrogen-bond donors (Lipinski definition) is 0. The van der Waals surface area contributed by atoms with Gasteiger partial charge in [-0.3, -0.25) is 14.9 Å². The molecule has 0 saturated carbocycles. The molecule has 0 radical (unpaired) electrons. The third-order valence-electron chi connectivity index (χ3n) is 5.76. The summed E-state index contributed by atoms with van der Waals surface area (Å²) in [6.45, 7) is 5.25. The van der Waals surface area contributed by atoms with Crippen LogP contribution in [0.15, 0.2) is 71.8 Å². The maximum atomic E-state index is 5.20. The molecular formula is C24H23N3O. The van der Waals surface area contributed by atoms with Crippen molar-refractivity contribution < 1.29 is 4.42 Å². The fourth-order valence-corrected chi connectivity index (χ4v) is 4.27. The Bertz CT molecular complexity index is 1100. The first-order chi connectivity index (χ1) is 13.8. The molecule has 4 heterocycles. The molecular weight excluding hydrogens is 346 g/mol. The number of likely N-dealkylation sites (tertiary alicyclic amines) is 1. The lowest BCUT2D eigenvalue weighted by atomic mass is 9.96. The van der Waals surface area contributed by atoms with Crippen LogP contribution in [-0.2, 0) is 6.54 Å². The van der Waals surface area contributed by atoms with Crippen molar-refractivity contribution in [3.8, 4) is 11.3 Å². The fourth-order valence-electron chi connectivity index (χ4n) is 4.27. The largest absolute Gasteiger partial charge is 0.472 e. The van der Waals surface area contributed by atoms with Crippen molar-refractivity contribution in [3.05, 3.63) is 84.1 Å². The summed E-state index contributed by atoms with van der Waals surface area (Å²) in [4.78, 5) is 11.8. The Balaban J connectivity index is 1.43. The summed E-state index contributed by atoms with van der Waals surface area (Å²) in [6.07, 6.45) is 8.58. The van der Waals surface area contributed by atoms with E-state index < -0.39 is 0 Å². The van der Waals surface area contributed by atoms with Crippen molar-refractivity contribution in [1.29, 1.82) is 0 Å². The van der Waals surface area contributed by atoms with Crippen molar-refractivity contribution in [2.24, 2.45) is 0 Å². The zero-order valence-corrected chi connectivity index (χ0v) is 16.0. The van der Waals surface area contributed by atoms with Gasteiger partial charge >= 0.3 is 0 Å². The van der Waals surface area contributed by atoms with Crippen LogP contribution in [0.4, 0.5) is 0 Å². The molecule has 1 aliphatic heterocycles. The molecule has 1 atom stereocenters. The molecule has 0 amide bonds. The molecule has 0 N–H and O–H groups in total. The van der Waals surface area contributed by atoms with E-state index in [-0.39, 0.29) is 0 Å². The quantitative estimate of drug-likeness (QED) is 0.497. The smallest absolute Gasteiger partial charge is 0.0947 e.